The molecule has 0 aliphatic heterocycles. The van der Waals surface area contributed by atoms with Crippen molar-refractivity contribution >= 4 is 17.9 Å². The molecule has 162 valence electrons. The second kappa shape index (κ2) is 8.76. The van der Waals surface area contributed by atoms with Crippen LogP contribution in [0.4, 0.5) is 0 Å². The van der Waals surface area contributed by atoms with Crippen LogP contribution in [0.25, 0.3) is 33.6 Å². The minimum atomic E-state index is -1.14. The molecular formula is C26H17NO6. The van der Waals surface area contributed by atoms with Crippen molar-refractivity contribution in [1.82, 2.24) is 4.98 Å². The van der Waals surface area contributed by atoms with E-state index in [-0.39, 0.29) is 28.1 Å². The van der Waals surface area contributed by atoms with Crippen molar-refractivity contribution in [1.29, 1.82) is 0 Å². The van der Waals surface area contributed by atoms with Gasteiger partial charge in [-0.1, -0.05) is 54.6 Å². The third-order valence-corrected chi connectivity index (χ3v) is 5.16. The van der Waals surface area contributed by atoms with E-state index in [0.29, 0.717) is 22.3 Å². The number of rotatable bonds is 6. The summed E-state index contributed by atoms with van der Waals surface area (Å²) < 4.78 is 0. The maximum Gasteiger partial charge on any atom is 0.336 e. The molecule has 4 rings (SSSR count). The Morgan fingerprint density at radius 1 is 0.515 bits per heavy atom. The number of carbonyl (C=O) groups is 3. The standard InChI is InChI=1S/C26H17NO6/c28-24(29)19-10-4-1-7-16(19)15-13-22(17-8-2-5-11-20(17)25(30)31)27-23(14-15)18-9-3-6-12-21(18)26(32)33/h1-14H,(H,28,29)(H,30,31)(H,32,33). The van der Waals surface area contributed by atoms with E-state index in [2.05, 4.69) is 4.98 Å². The minimum absolute atomic E-state index is 0.0196. The second-order valence-corrected chi connectivity index (χ2v) is 7.18. The minimum Gasteiger partial charge on any atom is -0.478 e. The van der Waals surface area contributed by atoms with Gasteiger partial charge in [0.2, 0.25) is 0 Å². The Kier molecular flexibility index (Phi) is 5.69. The summed E-state index contributed by atoms with van der Waals surface area (Å²) in [5, 5.41) is 29.0. The Hall–Kier alpha value is -4.78. The lowest BCUT2D eigenvalue weighted by Gasteiger charge is -2.14. The Balaban J connectivity index is 2.06. The average Bonchev–Trinajstić information content (AvgIpc) is 2.83. The van der Waals surface area contributed by atoms with Gasteiger partial charge in [-0.2, -0.15) is 0 Å². The summed E-state index contributed by atoms with van der Waals surface area (Å²) in [6.07, 6.45) is 0. The lowest BCUT2D eigenvalue weighted by molar-refractivity contribution is 0.0687. The number of aromatic carboxylic acids is 3. The molecule has 7 nitrogen and oxygen atoms in total. The lowest BCUT2D eigenvalue weighted by Crippen LogP contribution is -2.04. The van der Waals surface area contributed by atoms with Crippen molar-refractivity contribution in [3.05, 3.63) is 102 Å². The molecule has 1 heterocycles. The first-order valence-corrected chi connectivity index (χ1v) is 9.87. The molecule has 0 fully saturated rings. The maximum atomic E-state index is 11.8. The van der Waals surface area contributed by atoms with Crippen LogP contribution < -0.4 is 0 Å². The van der Waals surface area contributed by atoms with Crippen LogP contribution in [-0.4, -0.2) is 38.2 Å². The van der Waals surface area contributed by atoms with Crippen molar-refractivity contribution in [2.45, 2.75) is 0 Å². The number of hydrogen-bond acceptors (Lipinski definition) is 4. The van der Waals surface area contributed by atoms with E-state index >= 15 is 0 Å². The van der Waals surface area contributed by atoms with E-state index in [0.717, 1.165) is 0 Å². The van der Waals surface area contributed by atoms with E-state index in [1.54, 1.807) is 66.7 Å². The summed E-state index contributed by atoms with van der Waals surface area (Å²) in [4.78, 5) is 40.0. The highest BCUT2D eigenvalue weighted by molar-refractivity contribution is 6.00. The zero-order valence-corrected chi connectivity index (χ0v) is 17.1. The topological polar surface area (TPSA) is 125 Å². The molecule has 0 aliphatic carbocycles. The number of pyridine rings is 1. The highest BCUT2D eigenvalue weighted by atomic mass is 16.4. The predicted molar refractivity (Wildman–Crippen MR) is 121 cm³/mol. The summed E-state index contributed by atoms with van der Waals surface area (Å²) in [5.41, 5.74) is 2.17. The fraction of sp³-hybridized carbons (Fsp3) is 0. The van der Waals surface area contributed by atoms with E-state index in [1.165, 1.54) is 18.2 Å². The SMILES string of the molecule is O=C(O)c1ccccc1-c1cc(-c2ccccc2C(=O)O)nc(-c2ccccc2C(=O)O)c1. The first-order chi connectivity index (χ1) is 15.9. The van der Waals surface area contributed by atoms with Crippen LogP contribution in [0, 0.1) is 0 Å². The van der Waals surface area contributed by atoms with Gasteiger partial charge in [-0.05, 0) is 41.5 Å². The van der Waals surface area contributed by atoms with E-state index in [9.17, 15) is 29.7 Å². The molecular weight excluding hydrogens is 422 g/mol. The molecule has 33 heavy (non-hydrogen) atoms. The molecule has 0 unspecified atom stereocenters. The number of aromatic nitrogens is 1. The second-order valence-electron chi connectivity index (χ2n) is 7.18. The molecule has 7 heteroatoms. The van der Waals surface area contributed by atoms with Gasteiger partial charge in [-0.3, -0.25) is 0 Å². The Morgan fingerprint density at radius 2 is 0.848 bits per heavy atom. The smallest absolute Gasteiger partial charge is 0.336 e. The molecule has 0 atom stereocenters. The van der Waals surface area contributed by atoms with Gasteiger partial charge in [0.05, 0.1) is 28.1 Å². The summed E-state index contributed by atoms with van der Waals surface area (Å²) >= 11 is 0. The molecule has 0 radical (unpaired) electrons. The van der Waals surface area contributed by atoms with Crippen LogP contribution in [0.5, 0.6) is 0 Å². The van der Waals surface area contributed by atoms with Gasteiger partial charge in [0.1, 0.15) is 0 Å². The van der Waals surface area contributed by atoms with Gasteiger partial charge in [0.25, 0.3) is 0 Å². The molecule has 4 aromatic rings. The van der Waals surface area contributed by atoms with Crippen LogP contribution in [0.1, 0.15) is 31.1 Å². The summed E-state index contributed by atoms with van der Waals surface area (Å²) in [6, 6.07) is 22.3. The summed E-state index contributed by atoms with van der Waals surface area (Å²) in [6.45, 7) is 0. The van der Waals surface area contributed by atoms with Crippen molar-refractivity contribution in [3.63, 3.8) is 0 Å². The Labute approximate surface area is 188 Å². The first kappa shape index (κ1) is 21.5. The van der Waals surface area contributed by atoms with Gasteiger partial charge in [-0.25, -0.2) is 19.4 Å². The zero-order chi connectivity index (χ0) is 23.5. The Bertz CT molecular complexity index is 1230. The monoisotopic (exact) mass is 439 g/mol. The molecule has 0 saturated carbocycles. The normalized spacial score (nSPS) is 10.5. The van der Waals surface area contributed by atoms with Crippen molar-refractivity contribution in [2.24, 2.45) is 0 Å². The summed E-state index contributed by atoms with van der Waals surface area (Å²) in [7, 11) is 0. The van der Waals surface area contributed by atoms with Gasteiger partial charge in [0, 0.05) is 11.1 Å². The highest BCUT2D eigenvalue weighted by Crippen LogP contribution is 2.34. The quantitative estimate of drug-likeness (QED) is 0.378. The molecule has 0 aliphatic rings. The number of hydrogen-bond donors (Lipinski definition) is 3. The lowest BCUT2D eigenvalue weighted by atomic mass is 9.94. The van der Waals surface area contributed by atoms with Crippen molar-refractivity contribution in [3.8, 4) is 33.6 Å². The van der Waals surface area contributed by atoms with Crippen LogP contribution in [0.15, 0.2) is 84.9 Å². The molecule has 0 amide bonds. The van der Waals surface area contributed by atoms with Crippen molar-refractivity contribution < 1.29 is 29.7 Å². The molecule has 3 aromatic carbocycles. The first-order valence-electron chi connectivity index (χ1n) is 9.87. The van der Waals surface area contributed by atoms with E-state index in [4.69, 9.17) is 0 Å². The summed E-state index contributed by atoms with van der Waals surface area (Å²) in [5.74, 6) is -3.41. The van der Waals surface area contributed by atoms with Gasteiger partial charge in [-0.15, -0.1) is 0 Å². The molecule has 1 aromatic heterocycles. The van der Waals surface area contributed by atoms with Crippen LogP contribution in [0.3, 0.4) is 0 Å². The van der Waals surface area contributed by atoms with E-state index in [1.807, 2.05) is 0 Å². The van der Waals surface area contributed by atoms with Crippen LogP contribution in [-0.2, 0) is 0 Å². The number of carboxylic acids is 3. The average molecular weight is 439 g/mol. The van der Waals surface area contributed by atoms with Gasteiger partial charge in [0.15, 0.2) is 0 Å². The number of nitrogens with zero attached hydrogens (tertiary/aromatic N) is 1. The maximum absolute atomic E-state index is 11.8. The van der Waals surface area contributed by atoms with Gasteiger partial charge >= 0.3 is 17.9 Å². The predicted octanol–water partition coefficient (Wildman–Crippen LogP) is 5.18. The largest absolute Gasteiger partial charge is 0.478 e. The fourth-order valence-electron chi connectivity index (χ4n) is 3.67. The molecule has 0 bridgehead atoms. The molecule has 0 spiro atoms. The molecule has 0 saturated heterocycles. The third kappa shape index (κ3) is 4.20. The zero-order valence-electron chi connectivity index (χ0n) is 17.1. The molecule has 3 N–H and O–H groups in total. The van der Waals surface area contributed by atoms with E-state index < -0.39 is 17.9 Å². The third-order valence-electron chi connectivity index (χ3n) is 5.16. The number of carboxylic acid groups (broad SMARTS) is 3. The highest BCUT2D eigenvalue weighted by Gasteiger charge is 2.19. The van der Waals surface area contributed by atoms with Crippen LogP contribution in [0.2, 0.25) is 0 Å². The van der Waals surface area contributed by atoms with Gasteiger partial charge < -0.3 is 15.3 Å². The number of benzene rings is 3. The van der Waals surface area contributed by atoms with Crippen LogP contribution >= 0.6 is 0 Å². The van der Waals surface area contributed by atoms with Crippen molar-refractivity contribution in [2.75, 3.05) is 0 Å². The fourth-order valence-corrected chi connectivity index (χ4v) is 3.67. The Morgan fingerprint density at radius 3 is 1.24 bits per heavy atom.